The van der Waals surface area contributed by atoms with Crippen molar-refractivity contribution in [3.05, 3.63) is 47.8 Å². The van der Waals surface area contributed by atoms with Gasteiger partial charge >= 0.3 is 6.36 Å². The minimum absolute atomic E-state index is 0. The van der Waals surface area contributed by atoms with Crippen LogP contribution in [0.4, 0.5) is 13.2 Å². The molecule has 2 atom stereocenters. The minimum atomic E-state index is -4.76. The van der Waals surface area contributed by atoms with E-state index in [0.717, 1.165) is 0 Å². The van der Waals surface area contributed by atoms with Crippen LogP contribution in [0, 0.1) is 0 Å². The summed E-state index contributed by atoms with van der Waals surface area (Å²) in [6.45, 7) is 1.68. The largest absolute Gasteiger partial charge is 0.573 e. The molecule has 2 rings (SSSR count). The Morgan fingerprint density at radius 3 is 2.54 bits per heavy atom. The highest BCUT2D eigenvalue weighted by atomic mass is 35.5. The molecule has 0 saturated heterocycles. The molecule has 10 heteroatoms. The zero-order valence-corrected chi connectivity index (χ0v) is 15.2. The lowest BCUT2D eigenvalue weighted by Gasteiger charge is -2.20. The summed E-state index contributed by atoms with van der Waals surface area (Å²) in [5, 5.41) is 9.69. The molecule has 0 aliphatic carbocycles. The topological polar surface area (TPSA) is 68.2 Å². The number of hydrogen-bond acceptors (Lipinski definition) is 4. The average Bonchev–Trinajstić information content (AvgIpc) is 2.92. The molecule has 26 heavy (non-hydrogen) atoms. The second-order valence-corrected chi connectivity index (χ2v) is 5.52. The lowest BCUT2D eigenvalue weighted by molar-refractivity contribution is -0.274. The number of nitrogens with zero attached hydrogens (tertiary/aromatic N) is 2. The van der Waals surface area contributed by atoms with Crippen molar-refractivity contribution in [2.24, 2.45) is 7.05 Å². The van der Waals surface area contributed by atoms with Gasteiger partial charge in [-0.25, -0.2) is 0 Å². The number of carbonyl (C=O) groups excluding carboxylic acids is 1. The number of likely N-dealkylation sites (N-methyl/N-ethyl adjacent to an activating group) is 1. The third kappa shape index (κ3) is 5.92. The molecule has 0 fully saturated rings. The highest BCUT2D eigenvalue weighted by Gasteiger charge is 2.31. The molecular formula is C16H20ClF3N4O2. The van der Waals surface area contributed by atoms with E-state index in [1.807, 2.05) is 0 Å². The molecule has 0 bridgehead atoms. The third-order valence-electron chi connectivity index (χ3n) is 3.56. The fourth-order valence-electron chi connectivity index (χ4n) is 2.40. The van der Waals surface area contributed by atoms with Gasteiger partial charge in [-0.05, 0) is 31.7 Å². The first-order chi connectivity index (χ1) is 11.7. The first-order valence-electron chi connectivity index (χ1n) is 7.51. The summed E-state index contributed by atoms with van der Waals surface area (Å²) in [5.41, 5.74) is 1.18. The summed E-state index contributed by atoms with van der Waals surface area (Å²) in [6, 6.07) is 4.39. The summed E-state index contributed by atoms with van der Waals surface area (Å²) < 4.78 is 42.4. The van der Waals surface area contributed by atoms with E-state index in [1.165, 1.54) is 18.2 Å². The predicted molar refractivity (Wildman–Crippen MR) is 91.9 cm³/mol. The lowest BCUT2D eigenvalue weighted by atomic mass is 10.1. The van der Waals surface area contributed by atoms with Gasteiger partial charge in [0.2, 0.25) is 5.91 Å². The summed E-state index contributed by atoms with van der Waals surface area (Å²) in [6.07, 6.45) is -1.48. The zero-order chi connectivity index (χ0) is 18.6. The average molecular weight is 393 g/mol. The maximum atomic E-state index is 12.5. The highest BCUT2D eigenvalue weighted by Crippen LogP contribution is 2.25. The molecule has 144 valence electrons. The van der Waals surface area contributed by atoms with E-state index in [0.29, 0.717) is 11.1 Å². The van der Waals surface area contributed by atoms with Gasteiger partial charge in [0.15, 0.2) is 0 Å². The van der Waals surface area contributed by atoms with Crippen molar-refractivity contribution in [2.45, 2.75) is 25.4 Å². The zero-order valence-electron chi connectivity index (χ0n) is 14.4. The second kappa shape index (κ2) is 8.91. The first kappa shape index (κ1) is 21.8. The Bertz CT molecular complexity index is 736. The molecule has 0 saturated carbocycles. The molecule has 2 aromatic rings. The Morgan fingerprint density at radius 2 is 2.00 bits per heavy atom. The fraction of sp³-hybridized carbons (Fsp3) is 0.375. The van der Waals surface area contributed by atoms with Crippen molar-refractivity contribution in [1.29, 1.82) is 0 Å². The number of aromatic nitrogens is 2. The molecule has 0 radical (unpaired) electrons. The number of carbonyl (C=O) groups is 1. The van der Waals surface area contributed by atoms with E-state index in [-0.39, 0.29) is 24.1 Å². The molecule has 1 heterocycles. The van der Waals surface area contributed by atoms with Gasteiger partial charge in [-0.3, -0.25) is 9.48 Å². The van der Waals surface area contributed by atoms with E-state index >= 15 is 0 Å². The molecule has 1 aromatic carbocycles. The van der Waals surface area contributed by atoms with Crippen LogP contribution in [0.1, 0.15) is 30.1 Å². The SMILES string of the molecule is CNC(C(=O)NC(C)c1cccc(OC(F)(F)F)c1)c1cnn(C)c1.Cl. The standard InChI is InChI=1S/C16H19F3N4O2.ClH/c1-10(11-5-4-6-13(7-11)25-16(17,18)19)22-15(24)14(20-2)12-8-21-23(3)9-12;/h4-10,14,20H,1-3H3,(H,22,24);1H. The Hall–Kier alpha value is -2.26. The minimum Gasteiger partial charge on any atom is -0.406 e. The molecule has 2 unspecified atom stereocenters. The second-order valence-electron chi connectivity index (χ2n) is 5.52. The molecule has 1 aromatic heterocycles. The van der Waals surface area contributed by atoms with Crippen molar-refractivity contribution < 1.29 is 22.7 Å². The van der Waals surface area contributed by atoms with Crippen molar-refractivity contribution in [2.75, 3.05) is 7.05 Å². The van der Waals surface area contributed by atoms with Gasteiger partial charge in [0.25, 0.3) is 0 Å². The number of alkyl halides is 3. The van der Waals surface area contributed by atoms with Crippen LogP contribution >= 0.6 is 12.4 Å². The number of amides is 1. The van der Waals surface area contributed by atoms with Gasteiger partial charge in [-0.2, -0.15) is 5.10 Å². The van der Waals surface area contributed by atoms with Crippen LogP contribution in [0.2, 0.25) is 0 Å². The van der Waals surface area contributed by atoms with Crippen LogP contribution in [0.25, 0.3) is 0 Å². The monoisotopic (exact) mass is 392 g/mol. The number of ether oxygens (including phenoxy) is 1. The van der Waals surface area contributed by atoms with Crippen LogP contribution in [-0.2, 0) is 11.8 Å². The maximum Gasteiger partial charge on any atom is 0.573 e. The molecule has 0 spiro atoms. The van der Waals surface area contributed by atoms with Gasteiger partial charge in [-0.15, -0.1) is 25.6 Å². The summed E-state index contributed by atoms with van der Waals surface area (Å²) in [5.74, 6) is -0.645. The quantitative estimate of drug-likeness (QED) is 0.793. The predicted octanol–water partition coefficient (Wildman–Crippen LogP) is 2.88. The van der Waals surface area contributed by atoms with E-state index in [2.05, 4.69) is 20.5 Å². The number of benzene rings is 1. The molecule has 1 amide bonds. The van der Waals surface area contributed by atoms with Gasteiger partial charge in [0.1, 0.15) is 11.8 Å². The Labute approximate surface area is 155 Å². The first-order valence-corrected chi connectivity index (χ1v) is 7.51. The summed E-state index contributed by atoms with van der Waals surface area (Å²) in [7, 11) is 3.38. The van der Waals surface area contributed by atoms with Crippen LogP contribution in [-0.4, -0.2) is 29.1 Å². The van der Waals surface area contributed by atoms with Gasteiger partial charge in [0.05, 0.1) is 12.2 Å². The molecule has 0 aliphatic heterocycles. The van der Waals surface area contributed by atoms with E-state index < -0.39 is 18.4 Å². The number of nitrogens with one attached hydrogen (secondary N) is 2. The van der Waals surface area contributed by atoms with Crippen LogP contribution in [0.15, 0.2) is 36.7 Å². The fourth-order valence-corrected chi connectivity index (χ4v) is 2.40. The van der Waals surface area contributed by atoms with Crippen molar-refractivity contribution in [1.82, 2.24) is 20.4 Å². The van der Waals surface area contributed by atoms with Gasteiger partial charge < -0.3 is 15.4 Å². The van der Waals surface area contributed by atoms with Crippen LogP contribution in [0.3, 0.4) is 0 Å². The smallest absolute Gasteiger partial charge is 0.406 e. The normalized spacial score (nSPS) is 13.5. The highest BCUT2D eigenvalue weighted by molar-refractivity contribution is 5.85. The number of rotatable bonds is 6. The number of halogens is 4. The summed E-state index contributed by atoms with van der Waals surface area (Å²) >= 11 is 0. The third-order valence-corrected chi connectivity index (χ3v) is 3.56. The van der Waals surface area contributed by atoms with E-state index in [1.54, 1.807) is 44.2 Å². The number of aryl methyl sites for hydroxylation is 1. The number of hydrogen-bond donors (Lipinski definition) is 2. The Kier molecular flexibility index (Phi) is 7.46. The summed E-state index contributed by atoms with van der Waals surface area (Å²) in [4.78, 5) is 12.5. The Morgan fingerprint density at radius 1 is 1.31 bits per heavy atom. The lowest BCUT2D eigenvalue weighted by Crippen LogP contribution is -2.37. The Balaban J connectivity index is 0.00000338. The van der Waals surface area contributed by atoms with Crippen LogP contribution < -0.4 is 15.4 Å². The van der Waals surface area contributed by atoms with Crippen molar-refractivity contribution >= 4 is 18.3 Å². The molecule has 6 nitrogen and oxygen atoms in total. The molecular weight excluding hydrogens is 373 g/mol. The van der Waals surface area contributed by atoms with Crippen LogP contribution in [0.5, 0.6) is 5.75 Å². The molecule has 2 N–H and O–H groups in total. The van der Waals surface area contributed by atoms with Gasteiger partial charge in [0, 0.05) is 18.8 Å². The van der Waals surface area contributed by atoms with Crippen molar-refractivity contribution in [3.8, 4) is 5.75 Å². The maximum absolute atomic E-state index is 12.5. The van der Waals surface area contributed by atoms with E-state index in [9.17, 15) is 18.0 Å². The molecule has 0 aliphatic rings. The van der Waals surface area contributed by atoms with E-state index in [4.69, 9.17) is 0 Å². The van der Waals surface area contributed by atoms with Crippen molar-refractivity contribution in [3.63, 3.8) is 0 Å². The van der Waals surface area contributed by atoms with Gasteiger partial charge in [-0.1, -0.05) is 12.1 Å².